The van der Waals surface area contributed by atoms with E-state index in [4.69, 9.17) is 10.5 Å². The fourth-order valence-corrected chi connectivity index (χ4v) is 2.60. The molecule has 2 fully saturated rings. The van der Waals surface area contributed by atoms with Crippen LogP contribution in [0, 0.1) is 5.92 Å². The predicted octanol–water partition coefficient (Wildman–Crippen LogP) is 0.363. The number of nitrogens with zero attached hydrogens (tertiary/aromatic N) is 1. The van der Waals surface area contributed by atoms with Crippen molar-refractivity contribution in [2.45, 2.75) is 31.7 Å². The number of carbonyl (C=O) groups is 1. The Morgan fingerprint density at radius 3 is 2.27 bits per heavy atom. The molecule has 4 heteroatoms. The molecule has 0 aromatic rings. The SMILES string of the molecule is NC(=O)C1CCN(C2CCOCC2)CC1. The van der Waals surface area contributed by atoms with E-state index in [-0.39, 0.29) is 11.8 Å². The van der Waals surface area contributed by atoms with Crippen LogP contribution in [0.1, 0.15) is 25.7 Å². The lowest BCUT2D eigenvalue weighted by atomic mass is 9.94. The van der Waals surface area contributed by atoms with E-state index in [1.807, 2.05) is 0 Å². The van der Waals surface area contributed by atoms with Crippen LogP contribution in [-0.2, 0) is 9.53 Å². The van der Waals surface area contributed by atoms with Gasteiger partial charge in [0.2, 0.25) is 5.91 Å². The lowest BCUT2D eigenvalue weighted by Crippen LogP contribution is -2.45. The van der Waals surface area contributed by atoms with Crippen molar-refractivity contribution in [3.05, 3.63) is 0 Å². The number of ether oxygens (including phenoxy) is 1. The first-order chi connectivity index (χ1) is 7.27. The van der Waals surface area contributed by atoms with Crippen LogP contribution in [0.25, 0.3) is 0 Å². The van der Waals surface area contributed by atoms with Crippen LogP contribution in [0.2, 0.25) is 0 Å². The molecule has 0 saturated carbocycles. The summed E-state index contributed by atoms with van der Waals surface area (Å²) in [6.45, 7) is 3.83. The fraction of sp³-hybridized carbons (Fsp3) is 0.909. The van der Waals surface area contributed by atoms with Gasteiger partial charge in [0.25, 0.3) is 0 Å². The van der Waals surface area contributed by atoms with Gasteiger partial charge in [-0.2, -0.15) is 0 Å². The second-order valence-corrected chi connectivity index (χ2v) is 4.56. The van der Waals surface area contributed by atoms with Gasteiger partial charge in [0, 0.05) is 25.2 Å². The number of rotatable bonds is 2. The fourth-order valence-electron chi connectivity index (χ4n) is 2.60. The highest BCUT2D eigenvalue weighted by atomic mass is 16.5. The summed E-state index contributed by atoms with van der Waals surface area (Å²) in [5, 5.41) is 0. The van der Waals surface area contributed by atoms with Gasteiger partial charge in [0.1, 0.15) is 0 Å². The molecule has 2 rings (SSSR count). The Bertz CT molecular complexity index is 219. The van der Waals surface area contributed by atoms with Crippen LogP contribution in [0.4, 0.5) is 0 Å². The van der Waals surface area contributed by atoms with Crippen molar-refractivity contribution in [3.8, 4) is 0 Å². The Morgan fingerprint density at radius 1 is 1.13 bits per heavy atom. The quantitative estimate of drug-likeness (QED) is 0.719. The summed E-state index contributed by atoms with van der Waals surface area (Å²) in [6.07, 6.45) is 4.15. The minimum atomic E-state index is -0.123. The maximum Gasteiger partial charge on any atom is 0.220 e. The molecule has 15 heavy (non-hydrogen) atoms. The van der Waals surface area contributed by atoms with Crippen LogP contribution < -0.4 is 5.73 Å². The average molecular weight is 212 g/mol. The number of likely N-dealkylation sites (tertiary alicyclic amines) is 1. The van der Waals surface area contributed by atoms with E-state index in [1.54, 1.807) is 0 Å². The number of nitrogens with two attached hydrogens (primary N) is 1. The highest BCUT2D eigenvalue weighted by Crippen LogP contribution is 2.22. The molecule has 2 aliphatic heterocycles. The summed E-state index contributed by atoms with van der Waals surface area (Å²) >= 11 is 0. The minimum absolute atomic E-state index is 0.112. The smallest absolute Gasteiger partial charge is 0.220 e. The van der Waals surface area contributed by atoms with Gasteiger partial charge in [-0.1, -0.05) is 0 Å². The van der Waals surface area contributed by atoms with E-state index in [0.717, 1.165) is 52.0 Å². The Labute approximate surface area is 90.8 Å². The van der Waals surface area contributed by atoms with Crippen molar-refractivity contribution >= 4 is 5.91 Å². The second kappa shape index (κ2) is 4.94. The summed E-state index contributed by atoms with van der Waals surface area (Å²) in [5.74, 6) is -0.0114. The van der Waals surface area contributed by atoms with E-state index in [0.29, 0.717) is 6.04 Å². The van der Waals surface area contributed by atoms with E-state index in [9.17, 15) is 4.79 Å². The van der Waals surface area contributed by atoms with E-state index in [1.165, 1.54) is 0 Å². The molecule has 1 amide bonds. The van der Waals surface area contributed by atoms with Crippen LogP contribution in [0.3, 0.4) is 0 Å². The number of hydrogen-bond donors (Lipinski definition) is 1. The van der Waals surface area contributed by atoms with Gasteiger partial charge in [-0.3, -0.25) is 4.79 Å². The molecule has 0 unspecified atom stereocenters. The molecule has 0 aromatic carbocycles. The van der Waals surface area contributed by atoms with Crippen molar-refractivity contribution in [1.82, 2.24) is 4.90 Å². The van der Waals surface area contributed by atoms with Gasteiger partial charge in [-0.05, 0) is 38.8 Å². The van der Waals surface area contributed by atoms with Crippen molar-refractivity contribution in [1.29, 1.82) is 0 Å². The third-order valence-corrected chi connectivity index (χ3v) is 3.64. The van der Waals surface area contributed by atoms with E-state index in [2.05, 4.69) is 4.90 Å². The van der Waals surface area contributed by atoms with Gasteiger partial charge in [-0.15, -0.1) is 0 Å². The molecule has 0 aromatic heterocycles. The maximum absolute atomic E-state index is 11.0. The highest BCUT2D eigenvalue weighted by Gasteiger charge is 2.28. The van der Waals surface area contributed by atoms with Crippen LogP contribution in [0.5, 0.6) is 0 Å². The number of piperidine rings is 1. The summed E-state index contributed by atoms with van der Waals surface area (Å²) in [4.78, 5) is 13.5. The molecule has 86 valence electrons. The van der Waals surface area contributed by atoms with Crippen molar-refractivity contribution in [2.24, 2.45) is 11.7 Å². The molecule has 0 bridgehead atoms. The molecule has 2 saturated heterocycles. The monoisotopic (exact) mass is 212 g/mol. The van der Waals surface area contributed by atoms with Gasteiger partial charge < -0.3 is 15.4 Å². The summed E-state index contributed by atoms with van der Waals surface area (Å²) < 4.78 is 5.35. The van der Waals surface area contributed by atoms with Gasteiger partial charge in [0.15, 0.2) is 0 Å². The summed E-state index contributed by atoms with van der Waals surface area (Å²) in [7, 11) is 0. The standard InChI is InChI=1S/C11H20N2O2/c12-11(14)9-1-5-13(6-2-9)10-3-7-15-8-4-10/h9-10H,1-8H2,(H2,12,14). The zero-order chi connectivity index (χ0) is 10.7. The molecule has 0 aliphatic carbocycles. The zero-order valence-corrected chi connectivity index (χ0v) is 9.15. The first-order valence-corrected chi connectivity index (χ1v) is 5.88. The molecule has 0 atom stereocenters. The van der Waals surface area contributed by atoms with Crippen molar-refractivity contribution in [2.75, 3.05) is 26.3 Å². The van der Waals surface area contributed by atoms with Crippen LogP contribution >= 0.6 is 0 Å². The molecule has 0 radical (unpaired) electrons. The van der Waals surface area contributed by atoms with E-state index >= 15 is 0 Å². The van der Waals surface area contributed by atoms with Crippen LogP contribution in [-0.4, -0.2) is 43.2 Å². The lowest BCUT2D eigenvalue weighted by molar-refractivity contribution is -0.123. The first kappa shape index (κ1) is 10.9. The molecule has 0 spiro atoms. The second-order valence-electron chi connectivity index (χ2n) is 4.56. The number of hydrogen-bond acceptors (Lipinski definition) is 3. The molecule has 2 heterocycles. The maximum atomic E-state index is 11.0. The third-order valence-electron chi connectivity index (χ3n) is 3.64. The Morgan fingerprint density at radius 2 is 1.73 bits per heavy atom. The van der Waals surface area contributed by atoms with E-state index < -0.39 is 0 Å². The third kappa shape index (κ3) is 2.69. The summed E-state index contributed by atoms with van der Waals surface area (Å²) in [5.41, 5.74) is 5.31. The number of carbonyl (C=O) groups excluding carboxylic acids is 1. The highest BCUT2D eigenvalue weighted by molar-refractivity contribution is 5.76. The van der Waals surface area contributed by atoms with Gasteiger partial charge in [-0.25, -0.2) is 0 Å². The Hall–Kier alpha value is -0.610. The topological polar surface area (TPSA) is 55.6 Å². The first-order valence-electron chi connectivity index (χ1n) is 5.88. The normalized spacial score (nSPS) is 26.7. The van der Waals surface area contributed by atoms with Gasteiger partial charge in [0.05, 0.1) is 0 Å². The minimum Gasteiger partial charge on any atom is -0.381 e. The predicted molar refractivity (Wildman–Crippen MR) is 57.3 cm³/mol. The molecule has 2 N–H and O–H groups in total. The van der Waals surface area contributed by atoms with Crippen molar-refractivity contribution < 1.29 is 9.53 Å². The molecule has 2 aliphatic rings. The molecule has 4 nitrogen and oxygen atoms in total. The average Bonchev–Trinajstić information content (AvgIpc) is 2.30. The number of primary amides is 1. The number of amides is 1. The zero-order valence-electron chi connectivity index (χ0n) is 9.15. The lowest BCUT2D eigenvalue weighted by Gasteiger charge is -2.38. The summed E-state index contributed by atoms with van der Waals surface area (Å²) in [6, 6.07) is 0.674. The largest absolute Gasteiger partial charge is 0.381 e. The van der Waals surface area contributed by atoms with Crippen molar-refractivity contribution in [3.63, 3.8) is 0 Å². The Kier molecular flexibility index (Phi) is 3.59. The Balaban J connectivity index is 1.79. The molecular weight excluding hydrogens is 192 g/mol. The molecular formula is C11H20N2O2. The van der Waals surface area contributed by atoms with Crippen LogP contribution in [0.15, 0.2) is 0 Å². The van der Waals surface area contributed by atoms with Gasteiger partial charge >= 0.3 is 0 Å².